The van der Waals surface area contributed by atoms with E-state index in [4.69, 9.17) is 9.47 Å². The summed E-state index contributed by atoms with van der Waals surface area (Å²) in [6.07, 6.45) is 3.55. The molecule has 0 unspecified atom stereocenters. The Labute approximate surface area is 191 Å². The summed E-state index contributed by atoms with van der Waals surface area (Å²) in [5.74, 6) is 0.471. The number of likely N-dealkylation sites (tertiary alicyclic amines) is 1. The molecule has 2 aliphatic rings. The highest BCUT2D eigenvalue weighted by Crippen LogP contribution is 2.35. The Bertz CT molecular complexity index is 1050. The molecule has 2 aliphatic heterocycles. The maximum Gasteiger partial charge on any atom is 0.294 e. The van der Waals surface area contributed by atoms with E-state index < -0.39 is 11.1 Å². The number of nitrogens with zero attached hydrogens (tertiary/aromatic N) is 2. The Kier molecular flexibility index (Phi) is 6.80. The van der Waals surface area contributed by atoms with Crippen molar-refractivity contribution in [1.29, 1.82) is 0 Å². The van der Waals surface area contributed by atoms with E-state index >= 15 is 0 Å². The van der Waals surface area contributed by atoms with Crippen LogP contribution in [-0.2, 0) is 16.2 Å². The number of methoxy groups -OCH3 is 1. The molecular formula is C24H24N2O5S. The molecule has 0 spiro atoms. The van der Waals surface area contributed by atoms with Gasteiger partial charge in [-0.25, -0.2) is 0 Å². The van der Waals surface area contributed by atoms with Crippen molar-refractivity contribution >= 4 is 34.9 Å². The highest BCUT2D eigenvalue weighted by atomic mass is 32.2. The minimum absolute atomic E-state index is 0.188. The van der Waals surface area contributed by atoms with Gasteiger partial charge < -0.3 is 14.4 Å². The third kappa shape index (κ3) is 4.96. The van der Waals surface area contributed by atoms with E-state index in [1.54, 1.807) is 36.3 Å². The van der Waals surface area contributed by atoms with E-state index in [1.807, 2.05) is 30.3 Å². The summed E-state index contributed by atoms with van der Waals surface area (Å²) in [5.41, 5.74) is 1.72. The van der Waals surface area contributed by atoms with Crippen LogP contribution in [0.1, 0.15) is 24.0 Å². The lowest BCUT2D eigenvalue weighted by molar-refractivity contribution is -0.135. The Morgan fingerprint density at radius 3 is 2.53 bits per heavy atom. The Morgan fingerprint density at radius 1 is 1.06 bits per heavy atom. The molecule has 166 valence electrons. The zero-order chi connectivity index (χ0) is 22.5. The number of rotatable bonds is 7. The van der Waals surface area contributed by atoms with Crippen molar-refractivity contribution in [3.8, 4) is 11.5 Å². The van der Waals surface area contributed by atoms with Gasteiger partial charge in [0, 0.05) is 13.1 Å². The van der Waals surface area contributed by atoms with Crippen molar-refractivity contribution in [1.82, 2.24) is 9.80 Å². The molecule has 0 bridgehead atoms. The van der Waals surface area contributed by atoms with Crippen LogP contribution in [0.15, 0.2) is 53.4 Å². The number of carbonyl (C=O) groups is 3. The number of imide groups is 1. The van der Waals surface area contributed by atoms with Gasteiger partial charge in [0.2, 0.25) is 5.91 Å². The molecule has 32 heavy (non-hydrogen) atoms. The Hall–Kier alpha value is -3.26. The molecular weight excluding hydrogens is 428 g/mol. The average molecular weight is 453 g/mol. The highest BCUT2D eigenvalue weighted by Gasteiger charge is 2.37. The molecule has 0 aromatic heterocycles. The predicted molar refractivity (Wildman–Crippen MR) is 122 cm³/mol. The summed E-state index contributed by atoms with van der Waals surface area (Å²) in [4.78, 5) is 40.5. The van der Waals surface area contributed by atoms with Crippen molar-refractivity contribution < 1.29 is 23.9 Å². The van der Waals surface area contributed by atoms with E-state index in [9.17, 15) is 14.4 Å². The third-order valence-electron chi connectivity index (χ3n) is 5.35. The van der Waals surface area contributed by atoms with Gasteiger partial charge >= 0.3 is 0 Å². The Morgan fingerprint density at radius 2 is 1.81 bits per heavy atom. The van der Waals surface area contributed by atoms with Crippen LogP contribution in [-0.4, -0.2) is 53.6 Å². The van der Waals surface area contributed by atoms with E-state index in [0.717, 1.165) is 35.1 Å². The monoisotopic (exact) mass is 452 g/mol. The van der Waals surface area contributed by atoms with Crippen LogP contribution >= 0.6 is 11.8 Å². The molecule has 0 aliphatic carbocycles. The molecule has 4 rings (SSSR count). The van der Waals surface area contributed by atoms with Crippen LogP contribution in [0.25, 0.3) is 6.08 Å². The molecule has 8 heteroatoms. The van der Waals surface area contributed by atoms with E-state index in [1.165, 1.54) is 0 Å². The molecule has 2 heterocycles. The fraction of sp³-hybridized carbons (Fsp3) is 0.292. The average Bonchev–Trinajstić information content (AvgIpc) is 3.44. The van der Waals surface area contributed by atoms with E-state index in [-0.39, 0.29) is 17.4 Å². The molecule has 0 N–H and O–H groups in total. The van der Waals surface area contributed by atoms with Crippen molar-refractivity contribution in [2.45, 2.75) is 19.4 Å². The second-order valence-corrected chi connectivity index (χ2v) is 8.53. The van der Waals surface area contributed by atoms with Crippen molar-refractivity contribution in [3.05, 3.63) is 64.6 Å². The molecule has 2 fully saturated rings. The molecule has 0 radical (unpaired) electrons. The topological polar surface area (TPSA) is 76.2 Å². The number of ether oxygens (including phenoxy) is 2. The largest absolute Gasteiger partial charge is 0.493 e. The first kappa shape index (κ1) is 22.0. The number of thioether (sulfide) groups is 1. The molecule has 0 saturated carbocycles. The maximum atomic E-state index is 12.8. The second-order valence-electron chi connectivity index (χ2n) is 7.54. The van der Waals surface area contributed by atoms with Gasteiger partial charge in [-0.3, -0.25) is 19.3 Å². The van der Waals surface area contributed by atoms with Crippen LogP contribution in [0.3, 0.4) is 0 Å². The fourth-order valence-electron chi connectivity index (χ4n) is 3.62. The summed E-state index contributed by atoms with van der Waals surface area (Å²) >= 11 is 0.843. The molecule has 7 nitrogen and oxygen atoms in total. The highest BCUT2D eigenvalue weighted by molar-refractivity contribution is 8.18. The molecule has 2 aromatic carbocycles. The first-order valence-corrected chi connectivity index (χ1v) is 11.2. The van der Waals surface area contributed by atoms with Gasteiger partial charge in [-0.2, -0.15) is 0 Å². The van der Waals surface area contributed by atoms with Crippen molar-refractivity contribution in [2.75, 3.05) is 26.7 Å². The van der Waals surface area contributed by atoms with Crippen LogP contribution in [0.5, 0.6) is 11.5 Å². The molecule has 2 saturated heterocycles. The van der Waals surface area contributed by atoms with Gasteiger partial charge in [-0.05, 0) is 53.9 Å². The van der Waals surface area contributed by atoms with Crippen LogP contribution in [0.4, 0.5) is 4.79 Å². The van der Waals surface area contributed by atoms with Gasteiger partial charge in [0.1, 0.15) is 13.2 Å². The summed E-state index contributed by atoms with van der Waals surface area (Å²) in [6.45, 7) is 1.52. The lowest BCUT2D eigenvalue weighted by Crippen LogP contribution is -2.40. The normalized spacial score (nSPS) is 17.3. The Balaban J connectivity index is 1.48. The standard InChI is InChI=1S/C24H24N2O5S/c1-30-19-10-9-18(13-20(19)31-16-17-7-3-2-4-8-17)14-21-23(28)26(24(29)32-21)15-22(27)25-11-5-6-12-25/h2-4,7-10,13-14H,5-6,11-12,15-16H2,1H3. The van der Waals surface area contributed by atoms with Gasteiger partial charge in [0.25, 0.3) is 11.1 Å². The smallest absolute Gasteiger partial charge is 0.294 e. The first-order chi connectivity index (χ1) is 15.5. The van der Waals surface area contributed by atoms with Crippen molar-refractivity contribution in [2.24, 2.45) is 0 Å². The lowest BCUT2D eigenvalue weighted by Gasteiger charge is -2.18. The van der Waals surface area contributed by atoms with Gasteiger partial charge in [0.05, 0.1) is 12.0 Å². The zero-order valence-corrected chi connectivity index (χ0v) is 18.6. The summed E-state index contributed by atoms with van der Waals surface area (Å²) < 4.78 is 11.3. The van der Waals surface area contributed by atoms with Gasteiger partial charge in [-0.1, -0.05) is 36.4 Å². The first-order valence-electron chi connectivity index (χ1n) is 10.4. The van der Waals surface area contributed by atoms with Crippen LogP contribution < -0.4 is 9.47 Å². The van der Waals surface area contributed by atoms with E-state index in [0.29, 0.717) is 36.8 Å². The summed E-state index contributed by atoms with van der Waals surface area (Å²) in [6, 6.07) is 15.1. The fourth-order valence-corrected chi connectivity index (χ4v) is 4.46. The lowest BCUT2D eigenvalue weighted by atomic mass is 10.1. The SMILES string of the molecule is COc1ccc(C=C2SC(=O)N(CC(=O)N3CCCC3)C2=O)cc1OCc1ccccc1. The molecule has 2 aromatic rings. The second kappa shape index (κ2) is 9.91. The van der Waals surface area contributed by atoms with E-state index in [2.05, 4.69) is 0 Å². The number of hydrogen-bond donors (Lipinski definition) is 0. The minimum Gasteiger partial charge on any atom is -0.493 e. The minimum atomic E-state index is -0.449. The number of carbonyl (C=O) groups excluding carboxylic acids is 3. The van der Waals surface area contributed by atoms with Gasteiger partial charge in [-0.15, -0.1) is 0 Å². The molecule has 0 atom stereocenters. The zero-order valence-electron chi connectivity index (χ0n) is 17.8. The van der Waals surface area contributed by atoms with Crippen LogP contribution in [0.2, 0.25) is 0 Å². The number of hydrogen-bond acceptors (Lipinski definition) is 6. The van der Waals surface area contributed by atoms with Gasteiger partial charge in [0.15, 0.2) is 11.5 Å². The summed E-state index contributed by atoms with van der Waals surface area (Å²) in [5, 5.41) is -0.428. The number of benzene rings is 2. The quantitative estimate of drug-likeness (QED) is 0.593. The third-order valence-corrected chi connectivity index (χ3v) is 6.26. The van der Waals surface area contributed by atoms with Crippen molar-refractivity contribution in [3.63, 3.8) is 0 Å². The molecule has 3 amide bonds. The summed E-state index contributed by atoms with van der Waals surface area (Å²) in [7, 11) is 1.56. The van der Waals surface area contributed by atoms with Crippen LogP contribution in [0, 0.1) is 0 Å². The maximum absolute atomic E-state index is 12.8. The number of amides is 3. The predicted octanol–water partition coefficient (Wildman–Crippen LogP) is 3.93.